The lowest BCUT2D eigenvalue weighted by atomic mass is 10.0. The summed E-state index contributed by atoms with van der Waals surface area (Å²) >= 11 is 3.44. The first-order chi connectivity index (χ1) is 7.74. The molecule has 0 aliphatic heterocycles. The van der Waals surface area contributed by atoms with Gasteiger partial charge in [0.15, 0.2) is 0 Å². The highest BCUT2D eigenvalue weighted by Crippen LogP contribution is 2.13. The van der Waals surface area contributed by atoms with Gasteiger partial charge < -0.3 is 5.73 Å². The van der Waals surface area contributed by atoms with Crippen LogP contribution in [0.3, 0.4) is 0 Å². The van der Waals surface area contributed by atoms with Crippen molar-refractivity contribution in [3.63, 3.8) is 0 Å². The Morgan fingerprint density at radius 3 is 2.94 bits per heavy atom. The molecule has 1 atom stereocenters. The monoisotopic (exact) mass is 252 g/mol. The Balaban J connectivity index is 1.78. The first kappa shape index (κ1) is 11.8. The van der Waals surface area contributed by atoms with Crippen LogP contribution in [-0.2, 0) is 12.8 Å². The van der Waals surface area contributed by atoms with E-state index in [1.54, 1.807) is 22.7 Å². The molecule has 0 saturated heterocycles. The molecule has 0 fully saturated rings. The predicted molar refractivity (Wildman–Crippen MR) is 71.2 cm³/mol. The van der Waals surface area contributed by atoms with Crippen LogP contribution in [0.15, 0.2) is 22.2 Å². The molecule has 0 aliphatic carbocycles. The number of aryl methyl sites for hydroxylation is 2. The molecule has 16 heavy (non-hydrogen) atoms. The highest BCUT2D eigenvalue weighted by Gasteiger charge is 2.07. The molecule has 2 N–H and O–H groups in total. The molecule has 0 saturated carbocycles. The van der Waals surface area contributed by atoms with Crippen molar-refractivity contribution in [3.8, 4) is 0 Å². The van der Waals surface area contributed by atoms with Crippen LogP contribution in [0.2, 0.25) is 0 Å². The van der Waals surface area contributed by atoms with E-state index in [0.29, 0.717) is 0 Å². The molecule has 0 aromatic carbocycles. The lowest BCUT2D eigenvalue weighted by molar-refractivity contribution is 0.604. The van der Waals surface area contributed by atoms with E-state index in [1.165, 1.54) is 5.56 Å². The largest absolute Gasteiger partial charge is 0.327 e. The Morgan fingerprint density at radius 1 is 1.44 bits per heavy atom. The van der Waals surface area contributed by atoms with E-state index in [0.717, 1.165) is 30.0 Å². The van der Waals surface area contributed by atoms with Crippen LogP contribution < -0.4 is 5.73 Å². The summed E-state index contributed by atoms with van der Waals surface area (Å²) in [6, 6.07) is 2.39. The van der Waals surface area contributed by atoms with E-state index in [9.17, 15) is 0 Å². The predicted octanol–water partition coefficient (Wildman–Crippen LogP) is 3.02. The Hall–Kier alpha value is -0.710. The van der Waals surface area contributed by atoms with Gasteiger partial charge in [-0.25, -0.2) is 4.98 Å². The average molecular weight is 252 g/mol. The number of nitrogens with two attached hydrogens (primary N) is 1. The van der Waals surface area contributed by atoms with Gasteiger partial charge in [0.25, 0.3) is 0 Å². The van der Waals surface area contributed by atoms with Crippen molar-refractivity contribution < 1.29 is 0 Å². The van der Waals surface area contributed by atoms with Crippen LogP contribution >= 0.6 is 22.7 Å². The molecule has 0 radical (unpaired) electrons. The number of nitrogens with zero attached hydrogens (tertiary/aromatic N) is 1. The zero-order valence-electron chi connectivity index (χ0n) is 9.35. The van der Waals surface area contributed by atoms with Gasteiger partial charge in [-0.05, 0) is 42.2 Å². The second-order valence-corrected chi connectivity index (χ2v) is 5.83. The van der Waals surface area contributed by atoms with E-state index >= 15 is 0 Å². The molecular weight excluding hydrogens is 236 g/mol. The van der Waals surface area contributed by atoms with Gasteiger partial charge in [-0.2, -0.15) is 11.3 Å². The molecule has 86 valence electrons. The quantitative estimate of drug-likeness (QED) is 0.888. The zero-order chi connectivity index (χ0) is 11.4. The van der Waals surface area contributed by atoms with Crippen molar-refractivity contribution >= 4 is 22.7 Å². The summed E-state index contributed by atoms with van der Waals surface area (Å²) in [6.07, 6.45) is 3.01. The minimum absolute atomic E-state index is 0.224. The first-order valence-electron chi connectivity index (χ1n) is 5.41. The molecule has 2 rings (SSSR count). The molecule has 0 bridgehead atoms. The molecule has 2 nitrogen and oxygen atoms in total. The Labute approximate surface area is 104 Å². The lowest BCUT2D eigenvalue weighted by Gasteiger charge is -2.08. The van der Waals surface area contributed by atoms with Gasteiger partial charge in [-0.15, -0.1) is 11.3 Å². The van der Waals surface area contributed by atoms with Crippen molar-refractivity contribution in [1.82, 2.24) is 4.98 Å². The van der Waals surface area contributed by atoms with E-state index in [2.05, 4.69) is 27.2 Å². The number of rotatable bonds is 5. The summed E-state index contributed by atoms with van der Waals surface area (Å²) < 4.78 is 0. The van der Waals surface area contributed by atoms with Gasteiger partial charge in [0.1, 0.15) is 0 Å². The van der Waals surface area contributed by atoms with E-state index < -0.39 is 0 Å². The second-order valence-electron chi connectivity index (χ2n) is 3.99. The summed E-state index contributed by atoms with van der Waals surface area (Å²) in [5, 5.41) is 7.55. The third kappa shape index (κ3) is 3.40. The van der Waals surface area contributed by atoms with Gasteiger partial charge in [0.05, 0.1) is 10.7 Å². The molecule has 2 aromatic heterocycles. The fourth-order valence-electron chi connectivity index (χ4n) is 1.66. The summed E-state index contributed by atoms with van der Waals surface area (Å²) in [6.45, 7) is 2.03. The molecule has 0 amide bonds. The minimum Gasteiger partial charge on any atom is -0.327 e. The number of aromatic nitrogens is 1. The SMILES string of the molecule is Cc1nc(CC(N)CCc2ccsc2)cs1. The number of hydrogen-bond donors (Lipinski definition) is 1. The van der Waals surface area contributed by atoms with Crippen LogP contribution in [0, 0.1) is 6.92 Å². The fraction of sp³-hybridized carbons (Fsp3) is 0.417. The summed E-state index contributed by atoms with van der Waals surface area (Å²) in [4.78, 5) is 4.44. The average Bonchev–Trinajstić information content (AvgIpc) is 2.87. The number of thiophene rings is 1. The third-order valence-corrected chi connectivity index (χ3v) is 4.08. The number of hydrogen-bond acceptors (Lipinski definition) is 4. The normalized spacial score (nSPS) is 12.9. The van der Waals surface area contributed by atoms with Crippen molar-refractivity contribution in [3.05, 3.63) is 38.5 Å². The van der Waals surface area contributed by atoms with E-state index in [1.807, 2.05) is 6.92 Å². The molecule has 2 heterocycles. The lowest BCUT2D eigenvalue weighted by Crippen LogP contribution is -2.23. The van der Waals surface area contributed by atoms with Crippen molar-refractivity contribution in [2.45, 2.75) is 32.2 Å². The number of thiazole rings is 1. The second kappa shape index (κ2) is 5.57. The van der Waals surface area contributed by atoms with Gasteiger partial charge in [0.2, 0.25) is 0 Å². The van der Waals surface area contributed by atoms with Crippen LogP contribution in [0.25, 0.3) is 0 Å². The zero-order valence-corrected chi connectivity index (χ0v) is 11.0. The van der Waals surface area contributed by atoms with Crippen LogP contribution in [-0.4, -0.2) is 11.0 Å². The Morgan fingerprint density at radius 2 is 2.31 bits per heavy atom. The highest BCUT2D eigenvalue weighted by molar-refractivity contribution is 7.09. The molecule has 2 aromatic rings. The van der Waals surface area contributed by atoms with Gasteiger partial charge in [-0.3, -0.25) is 0 Å². The van der Waals surface area contributed by atoms with Gasteiger partial charge in [-0.1, -0.05) is 0 Å². The minimum atomic E-state index is 0.224. The van der Waals surface area contributed by atoms with Gasteiger partial charge >= 0.3 is 0 Å². The molecular formula is C12H16N2S2. The van der Waals surface area contributed by atoms with E-state index in [-0.39, 0.29) is 6.04 Å². The topological polar surface area (TPSA) is 38.9 Å². The van der Waals surface area contributed by atoms with Gasteiger partial charge in [0, 0.05) is 17.8 Å². The smallest absolute Gasteiger partial charge is 0.0897 e. The van der Waals surface area contributed by atoms with Crippen molar-refractivity contribution in [2.24, 2.45) is 5.73 Å². The Bertz CT molecular complexity index is 420. The molecule has 0 aliphatic rings. The molecule has 4 heteroatoms. The molecule has 0 spiro atoms. The highest BCUT2D eigenvalue weighted by atomic mass is 32.1. The maximum Gasteiger partial charge on any atom is 0.0897 e. The van der Waals surface area contributed by atoms with E-state index in [4.69, 9.17) is 5.73 Å². The fourth-order valence-corrected chi connectivity index (χ4v) is 2.99. The van der Waals surface area contributed by atoms with Crippen LogP contribution in [0.4, 0.5) is 0 Å². The van der Waals surface area contributed by atoms with Crippen molar-refractivity contribution in [1.29, 1.82) is 0 Å². The third-order valence-electron chi connectivity index (χ3n) is 2.52. The summed E-state index contributed by atoms with van der Waals surface area (Å²) in [7, 11) is 0. The Kier molecular flexibility index (Phi) is 4.09. The standard InChI is InChI=1S/C12H16N2S2/c1-9-14-12(8-16-9)6-11(13)3-2-10-4-5-15-7-10/h4-5,7-8,11H,2-3,6,13H2,1H3. The summed E-state index contributed by atoms with van der Waals surface area (Å²) in [5.41, 5.74) is 8.64. The van der Waals surface area contributed by atoms with Crippen molar-refractivity contribution in [2.75, 3.05) is 0 Å². The van der Waals surface area contributed by atoms with Crippen LogP contribution in [0.1, 0.15) is 22.7 Å². The molecule has 1 unspecified atom stereocenters. The summed E-state index contributed by atoms with van der Waals surface area (Å²) in [5.74, 6) is 0. The first-order valence-corrected chi connectivity index (χ1v) is 7.24. The maximum absolute atomic E-state index is 6.10. The van der Waals surface area contributed by atoms with Crippen LogP contribution in [0.5, 0.6) is 0 Å². The maximum atomic E-state index is 6.10.